The molecule has 0 spiro atoms. The van der Waals surface area contributed by atoms with Crippen molar-refractivity contribution in [3.05, 3.63) is 29.8 Å². The summed E-state index contributed by atoms with van der Waals surface area (Å²) >= 11 is 0. The molecule has 0 saturated heterocycles. The quantitative estimate of drug-likeness (QED) is 0.693. The van der Waals surface area contributed by atoms with Crippen molar-refractivity contribution >= 4 is 17.6 Å². The van der Waals surface area contributed by atoms with Gasteiger partial charge in [-0.3, -0.25) is 9.59 Å². The van der Waals surface area contributed by atoms with Crippen LogP contribution in [0.5, 0.6) is 0 Å². The van der Waals surface area contributed by atoms with Crippen LogP contribution in [0.4, 0.5) is 5.69 Å². The molecule has 1 aromatic carbocycles. The number of rotatable bonds is 6. The maximum absolute atomic E-state index is 11.5. The van der Waals surface area contributed by atoms with Crippen molar-refractivity contribution in [3.63, 3.8) is 0 Å². The Bertz CT molecular complexity index is 404. The van der Waals surface area contributed by atoms with Gasteiger partial charge in [0, 0.05) is 18.7 Å². The van der Waals surface area contributed by atoms with E-state index in [0.717, 1.165) is 11.3 Å². The number of benzene rings is 1. The van der Waals surface area contributed by atoms with Gasteiger partial charge in [-0.1, -0.05) is 18.2 Å². The number of anilines is 1. The van der Waals surface area contributed by atoms with E-state index in [-0.39, 0.29) is 18.7 Å². The van der Waals surface area contributed by atoms with Gasteiger partial charge in [0.2, 0.25) is 5.91 Å². The number of para-hydroxylation sites is 1. The molecule has 17 heavy (non-hydrogen) atoms. The minimum atomic E-state index is -0.969. The molecule has 0 unspecified atom stereocenters. The van der Waals surface area contributed by atoms with Gasteiger partial charge in [-0.25, -0.2) is 0 Å². The molecule has 0 saturated carbocycles. The summed E-state index contributed by atoms with van der Waals surface area (Å²) < 4.78 is 0. The molecule has 0 aromatic heterocycles. The fourth-order valence-corrected chi connectivity index (χ4v) is 1.42. The van der Waals surface area contributed by atoms with Gasteiger partial charge in [-0.05, 0) is 18.7 Å². The smallest absolute Gasteiger partial charge is 0.303 e. The zero-order valence-corrected chi connectivity index (χ0v) is 9.69. The van der Waals surface area contributed by atoms with Crippen LogP contribution in [0.15, 0.2) is 24.3 Å². The fourth-order valence-electron chi connectivity index (χ4n) is 1.42. The van der Waals surface area contributed by atoms with Crippen LogP contribution in [0.1, 0.15) is 18.4 Å². The lowest BCUT2D eigenvalue weighted by atomic mass is 10.1. The molecule has 5 heteroatoms. The SMILES string of the molecule is CNCc1ccccc1NC(=O)CCC(=O)O. The maximum Gasteiger partial charge on any atom is 0.303 e. The van der Waals surface area contributed by atoms with Crippen molar-refractivity contribution in [3.8, 4) is 0 Å². The monoisotopic (exact) mass is 236 g/mol. The predicted octanol–water partition coefficient (Wildman–Crippen LogP) is 1.21. The van der Waals surface area contributed by atoms with Crippen LogP contribution in [0, 0.1) is 0 Å². The lowest BCUT2D eigenvalue weighted by Gasteiger charge is -2.10. The molecule has 92 valence electrons. The highest BCUT2D eigenvalue weighted by atomic mass is 16.4. The Morgan fingerprint density at radius 1 is 1.24 bits per heavy atom. The summed E-state index contributed by atoms with van der Waals surface area (Å²) in [5, 5.41) is 14.2. The van der Waals surface area contributed by atoms with E-state index >= 15 is 0 Å². The molecule has 1 aromatic rings. The number of carbonyl (C=O) groups excluding carboxylic acids is 1. The Morgan fingerprint density at radius 3 is 2.59 bits per heavy atom. The van der Waals surface area contributed by atoms with Gasteiger partial charge in [0.1, 0.15) is 0 Å². The normalized spacial score (nSPS) is 9.94. The largest absolute Gasteiger partial charge is 0.481 e. The summed E-state index contributed by atoms with van der Waals surface area (Å²) in [6.45, 7) is 0.648. The molecule has 5 nitrogen and oxygen atoms in total. The van der Waals surface area contributed by atoms with Gasteiger partial charge in [0.05, 0.1) is 6.42 Å². The zero-order chi connectivity index (χ0) is 12.7. The summed E-state index contributed by atoms with van der Waals surface area (Å²) in [4.78, 5) is 21.8. The lowest BCUT2D eigenvalue weighted by molar-refractivity contribution is -0.138. The Balaban J connectivity index is 2.61. The van der Waals surface area contributed by atoms with E-state index in [9.17, 15) is 9.59 Å². The molecular formula is C12H16N2O3. The minimum Gasteiger partial charge on any atom is -0.481 e. The van der Waals surface area contributed by atoms with Gasteiger partial charge in [-0.15, -0.1) is 0 Å². The van der Waals surface area contributed by atoms with Gasteiger partial charge < -0.3 is 15.7 Å². The van der Waals surface area contributed by atoms with Crippen molar-refractivity contribution < 1.29 is 14.7 Å². The van der Waals surface area contributed by atoms with E-state index in [1.54, 1.807) is 6.07 Å². The van der Waals surface area contributed by atoms with Gasteiger partial charge >= 0.3 is 5.97 Å². The minimum absolute atomic E-state index is 0.0107. The Kier molecular flexibility index (Phi) is 5.16. The first kappa shape index (κ1) is 13.2. The maximum atomic E-state index is 11.5. The van der Waals surface area contributed by atoms with Gasteiger partial charge in [0.15, 0.2) is 0 Å². The van der Waals surface area contributed by atoms with Crippen molar-refractivity contribution in [2.45, 2.75) is 19.4 Å². The molecule has 0 radical (unpaired) electrons. The number of hydrogen-bond acceptors (Lipinski definition) is 3. The second-order valence-electron chi connectivity index (χ2n) is 3.63. The fraction of sp³-hybridized carbons (Fsp3) is 0.333. The Morgan fingerprint density at radius 2 is 1.94 bits per heavy atom. The lowest BCUT2D eigenvalue weighted by Crippen LogP contribution is -2.16. The zero-order valence-electron chi connectivity index (χ0n) is 9.69. The van der Waals surface area contributed by atoms with E-state index in [1.807, 2.05) is 25.2 Å². The number of carboxylic acid groups (broad SMARTS) is 1. The van der Waals surface area contributed by atoms with Crippen molar-refractivity contribution in [2.24, 2.45) is 0 Å². The first-order chi connectivity index (χ1) is 8.13. The van der Waals surface area contributed by atoms with Crippen LogP contribution in [0.3, 0.4) is 0 Å². The molecule has 0 aliphatic rings. The first-order valence-corrected chi connectivity index (χ1v) is 5.37. The summed E-state index contributed by atoms with van der Waals surface area (Å²) in [7, 11) is 1.82. The van der Waals surface area contributed by atoms with E-state index < -0.39 is 5.97 Å². The summed E-state index contributed by atoms with van der Waals surface area (Å²) in [6.07, 6.45) is -0.163. The third-order valence-corrected chi connectivity index (χ3v) is 2.22. The molecule has 1 rings (SSSR count). The molecule has 0 fully saturated rings. The van der Waals surface area contributed by atoms with Gasteiger partial charge in [0.25, 0.3) is 0 Å². The topological polar surface area (TPSA) is 78.4 Å². The van der Waals surface area contributed by atoms with Crippen molar-refractivity contribution in [2.75, 3.05) is 12.4 Å². The number of carboxylic acids is 1. The average Bonchev–Trinajstić information content (AvgIpc) is 2.29. The van der Waals surface area contributed by atoms with E-state index in [4.69, 9.17) is 5.11 Å². The number of amides is 1. The molecule has 3 N–H and O–H groups in total. The number of carbonyl (C=O) groups is 2. The Hall–Kier alpha value is -1.88. The number of hydrogen-bond donors (Lipinski definition) is 3. The highest BCUT2D eigenvalue weighted by Gasteiger charge is 2.07. The highest BCUT2D eigenvalue weighted by Crippen LogP contribution is 2.15. The predicted molar refractivity (Wildman–Crippen MR) is 64.7 cm³/mol. The molecule has 0 aliphatic heterocycles. The molecule has 0 bridgehead atoms. The third-order valence-electron chi connectivity index (χ3n) is 2.22. The molecule has 0 heterocycles. The van der Waals surface area contributed by atoms with Crippen LogP contribution in [0.25, 0.3) is 0 Å². The van der Waals surface area contributed by atoms with Gasteiger partial charge in [-0.2, -0.15) is 0 Å². The van der Waals surface area contributed by atoms with Crippen LogP contribution < -0.4 is 10.6 Å². The summed E-state index contributed by atoms with van der Waals surface area (Å²) in [5.74, 6) is -1.25. The number of aliphatic carboxylic acids is 1. The van der Waals surface area contributed by atoms with Crippen LogP contribution in [-0.2, 0) is 16.1 Å². The van der Waals surface area contributed by atoms with Crippen molar-refractivity contribution in [1.29, 1.82) is 0 Å². The average molecular weight is 236 g/mol. The molecule has 0 atom stereocenters. The van der Waals surface area contributed by atoms with Crippen molar-refractivity contribution in [1.82, 2.24) is 5.32 Å². The second kappa shape index (κ2) is 6.65. The van der Waals surface area contributed by atoms with Crippen LogP contribution >= 0.6 is 0 Å². The van der Waals surface area contributed by atoms with E-state index in [2.05, 4.69) is 10.6 Å². The second-order valence-corrected chi connectivity index (χ2v) is 3.63. The van der Waals surface area contributed by atoms with Crippen LogP contribution in [-0.4, -0.2) is 24.0 Å². The summed E-state index contributed by atoms with van der Waals surface area (Å²) in [5.41, 5.74) is 1.69. The van der Waals surface area contributed by atoms with E-state index in [0.29, 0.717) is 6.54 Å². The highest BCUT2D eigenvalue weighted by molar-refractivity contribution is 5.93. The molecule has 1 amide bonds. The Labute approximate surface area is 99.8 Å². The first-order valence-electron chi connectivity index (χ1n) is 5.37. The van der Waals surface area contributed by atoms with Crippen LogP contribution in [0.2, 0.25) is 0 Å². The summed E-state index contributed by atoms with van der Waals surface area (Å²) in [6, 6.07) is 7.42. The molecular weight excluding hydrogens is 220 g/mol. The van der Waals surface area contributed by atoms with E-state index in [1.165, 1.54) is 0 Å². The number of nitrogens with one attached hydrogen (secondary N) is 2. The molecule has 0 aliphatic carbocycles. The standard InChI is InChI=1S/C12H16N2O3/c1-13-8-9-4-2-3-5-10(9)14-11(15)6-7-12(16)17/h2-5,13H,6-8H2,1H3,(H,14,15)(H,16,17). The third kappa shape index (κ3) is 4.65.